The zero-order valence-electron chi connectivity index (χ0n) is 9.50. The molecule has 7 heteroatoms. The van der Waals surface area contributed by atoms with Gasteiger partial charge in [0, 0.05) is 37.8 Å². The maximum absolute atomic E-state index is 8.85. The third-order valence-electron chi connectivity index (χ3n) is 2.18. The zero-order chi connectivity index (χ0) is 12.6. The highest BCUT2D eigenvalue weighted by Gasteiger charge is 2.15. The molecule has 0 aliphatic heterocycles. The van der Waals surface area contributed by atoms with E-state index in [1.165, 1.54) is 0 Å². The van der Waals surface area contributed by atoms with Crippen LogP contribution in [-0.2, 0) is 0 Å². The highest BCUT2D eigenvalue weighted by molar-refractivity contribution is 4.76. The molecular formula is C9H24N4O3. The Bertz CT molecular complexity index is 144. The van der Waals surface area contributed by atoms with E-state index in [2.05, 4.69) is 0 Å². The molecule has 0 heterocycles. The van der Waals surface area contributed by atoms with Crippen LogP contribution in [0.15, 0.2) is 0 Å². The molecule has 0 radical (unpaired) electrons. The first-order chi connectivity index (χ1) is 7.53. The van der Waals surface area contributed by atoms with Crippen molar-refractivity contribution in [1.82, 2.24) is 4.90 Å². The van der Waals surface area contributed by atoms with Gasteiger partial charge in [-0.05, 0) is 0 Å². The minimum atomic E-state index is -0.378. The topological polar surface area (TPSA) is 142 Å². The summed E-state index contributed by atoms with van der Waals surface area (Å²) < 4.78 is 0. The van der Waals surface area contributed by atoms with Crippen LogP contribution in [0.25, 0.3) is 0 Å². The molecule has 9 N–H and O–H groups in total. The number of hydrogen-bond acceptors (Lipinski definition) is 7. The number of rotatable bonds is 9. The fraction of sp³-hybridized carbons (Fsp3) is 1.00. The predicted molar refractivity (Wildman–Crippen MR) is 61.6 cm³/mol. The fourth-order valence-corrected chi connectivity index (χ4v) is 1.39. The highest BCUT2D eigenvalue weighted by atomic mass is 16.3. The van der Waals surface area contributed by atoms with E-state index in [1.54, 1.807) is 0 Å². The first kappa shape index (κ1) is 15.7. The van der Waals surface area contributed by atoms with Crippen molar-refractivity contribution < 1.29 is 15.3 Å². The largest absolute Gasteiger partial charge is 0.395 e. The Morgan fingerprint density at radius 3 is 1.12 bits per heavy atom. The third kappa shape index (κ3) is 7.07. The van der Waals surface area contributed by atoms with E-state index in [4.69, 9.17) is 32.5 Å². The van der Waals surface area contributed by atoms with E-state index in [-0.39, 0.29) is 37.9 Å². The highest BCUT2D eigenvalue weighted by Crippen LogP contribution is 1.95. The summed E-state index contributed by atoms with van der Waals surface area (Å²) >= 11 is 0. The lowest BCUT2D eigenvalue weighted by Gasteiger charge is -2.28. The molecule has 0 unspecified atom stereocenters. The number of nitrogens with zero attached hydrogens (tertiary/aromatic N) is 1. The molecule has 0 saturated heterocycles. The van der Waals surface area contributed by atoms with Crippen molar-refractivity contribution in [3.8, 4) is 0 Å². The third-order valence-corrected chi connectivity index (χ3v) is 2.18. The van der Waals surface area contributed by atoms with Crippen LogP contribution in [-0.4, -0.2) is 77.8 Å². The van der Waals surface area contributed by atoms with Gasteiger partial charge in [0.15, 0.2) is 0 Å². The second kappa shape index (κ2) is 8.82. The summed E-state index contributed by atoms with van der Waals surface area (Å²) in [6, 6.07) is -1.13. The van der Waals surface area contributed by atoms with Gasteiger partial charge < -0.3 is 32.5 Å². The van der Waals surface area contributed by atoms with Gasteiger partial charge in [-0.25, -0.2) is 0 Å². The van der Waals surface area contributed by atoms with Gasteiger partial charge in [0.25, 0.3) is 0 Å². The molecule has 0 bridgehead atoms. The van der Waals surface area contributed by atoms with Gasteiger partial charge >= 0.3 is 0 Å². The monoisotopic (exact) mass is 236 g/mol. The van der Waals surface area contributed by atoms with Gasteiger partial charge in [0.1, 0.15) is 0 Å². The molecule has 0 rings (SSSR count). The molecule has 0 saturated carbocycles. The van der Waals surface area contributed by atoms with Gasteiger partial charge in [-0.15, -0.1) is 0 Å². The quantitative estimate of drug-likeness (QED) is 0.241. The van der Waals surface area contributed by atoms with E-state index in [0.29, 0.717) is 19.6 Å². The molecule has 3 atom stereocenters. The average molecular weight is 236 g/mol. The lowest BCUT2D eigenvalue weighted by atomic mass is 10.2. The molecule has 0 aromatic rings. The standard InChI is InChI=1S/C9H24N4O3/c10-7(4-14)1-13(2-8(11)5-15)3-9(12)6-16/h7-9,14-16H,1-6,10-12H2/t7-,8-,9-/m0/s1. The van der Waals surface area contributed by atoms with Gasteiger partial charge in [0.05, 0.1) is 19.8 Å². The first-order valence-corrected chi connectivity index (χ1v) is 5.35. The predicted octanol–water partition coefficient (Wildman–Crippen LogP) is -3.75. The number of aliphatic hydroxyl groups is 3. The average Bonchev–Trinajstić information content (AvgIpc) is 2.28. The van der Waals surface area contributed by atoms with Crippen molar-refractivity contribution in [2.24, 2.45) is 17.2 Å². The minimum absolute atomic E-state index is 0.126. The summed E-state index contributed by atoms with van der Waals surface area (Å²) in [6.07, 6.45) is 0. The summed E-state index contributed by atoms with van der Waals surface area (Å²) in [4.78, 5) is 1.84. The minimum Gasteiger partial charge on any atom is -0.395 e. The number of aliphatic hydroxyl groups excluding tert-OH is 3. The Kier molecular flexibility index (Phi) is 8.67. The second-order valence-electron chi connectivity index (χ2n) is 4.05. The Morgan fingerprint density at radius 1 is 0.688 bits per heavy atom. The first-order valence-electron chi connectivity index (χ1n) is 5.35. The second-order valence-corrected chi connectivity index (χ2v) is 4.05. The van der Waals surface area contributed by atoms with Crippen LogP contribution < -0.4 is 17.2 Å². The molecule has 16 heavy (non-hydrogen) atoms. The molecule has 0 spiro atoms. The maximum Gasteiger partial charge on any atom is 0.0595 e. The summed E-state index contributed by atoms with van der Waals surface area (Å²) in [7, 11) is 0. The fourth-order valence-electron chi connectivity index (χ4n) is 1.39. The van der Waals surface area contributed by atoms with Crippen LogP contribution in [0.5, 0.6) is 0 Å². The lowest BCUT2D eigenvalue weighted by Crippen LogP contribution is -2.50. The number of nitrogens with two attached hydrogens (primary N) is 3. The van der Waals surface area contributed by atoms with Crippen molar-refractivity contribution >= 4 is 0 Å². The Balaban J connectivity index is 4.15. The van der Waals surface area contributed by atoms with Crippen LogP contribution in [0.1, 0.15) is 0 Å². The zero-order valence-corrected chi connectivity index (χ0v) is 9.50. The van der Waals surface area contributed by atoms with Crippen LogP contribution in [0.3, 0.4) is 0 Å². The van der Waals surface area contributed by atoms with Crippen molar-refractivity contribution in [1.29, 1.82) is 0 Å². The molecule has 0 aliphatic rings. The Hall–Kier alpha value is -0.280. The van der Waals surface area contributed by atoms with Crippen molar-refractivity contribution in [2.45, 2.75) is 18.1 Å². The summed E-state index contributed by atoms with van der Waals surface area (Å²) in [6.45, 7) is 0.908. The van der Waals surface area contributed by atoms with Gasteiger partial charge in [0.2, 0.25) is 0 Å². The number of hydrogen-bond donors (Lipinski definition) is 6. The molecule has 0 fully saturated rings. The molecule has 0 aliphatic carbocycles. The molecule has 0 amide bonds. The Labute approximate surface area is 95.8 Å². The van der Waals surface area contributed by atoms with Crippen LogP contribution in [0, 0.1) is 0 Å². The van der Waals surface area contributed by atoms with E-state index in [1.807, 2.05) is 4.90 Å². The Morgan fingerprint density at radius 2 is 0.938 bits per heavy atom. The van der Waals surface area contributed by atoms with Crippen LogP contribution >= 0.6 is 0 Å². The summed E-state index contributed by atoms with van der Waals surface area (Å²) in [5.41, 5.74) is 16.8. The lowest BCUT2D eigenvalue weighted by molar-refractivity contribution is 0.152. The normalized spacial score (nSPS) is 17.4. The molecule has 98 valence electrons. The molecule has 0 aromatic heterocycles. The van der Waals surface area contributed by atoms with Crippen LogP contribution in [0.2, 0.25) is 0 Å². The van der Waals surface area contributed by atoms with Gasteiger partial charge in [-0.3, -0.25) is 4.90 Å². The van der Waals surface area contributed by atoms with E-state index in [0.717, 1.165) is 0 Å². The SMILES string of the molecule is N[C@H](CO)CN(C[C@H](N)CO)C[C@H](N)CO. The summed E-state index contributed by atoms with van der Waals surface area (Å²) in [5.74, 6) is 0. The molecular weight excluding hydrogens is 212 g/mol. The summed E-state index contributed by atoms with van der Waals surface area (Å²) in [5, 5.41) is 26.6. The molecule has 0 aromatic carbocycles. The van der Waals surface area contributed by atoms with Gasteiger partial charge in [-0.2, -0.15) is 0 Å². The van der Waals surface area contributed by atoms with Crippen molar-refractivity contribution in [3.63, 3.8) is 0 Å². The van der Waals surface area contributed by atoms with Crippen LogP contribution in [0.4, 0.5) is 0 Å². The van der Waals surface area contributed by atoms with Crippen molar-refractivity contribution in [3.05, 3.63) is 0 Å². The maximum atomic E-state index is 8.85. The van der Waals surface area contributed by atoms with E-state index >= 15 is 0 Å². The molecule has 7 nitrogen and oxygen atoms in total. The van der Waals surface area contributed by atoms with E-state index in [9.17, 15) is 0 Å². The smallest absolute Gasteiger partial charge is 0.0595 e. The van der Waals surface area contributed by atoms with Crippen molar-refractivity contribution in [2.75, 3.05) is 39.5 Å². The van der Waals surface area contributed by atoms with Gasteiger partial charge in [-0.1, -0.05) is 0 Å². The van der Waals surface area contributed by atoms with E-state index < -0.39 is 0 Å².